The lowest BCUT2D eigenvalue weighted by atomic mass is 10.2. The van der Waals surface area contributed by atoms with E-state index in [2.05, 4.69) is 10.3 Å². The van der Waals surface area contributed by atoms with E-state index in [0.29, 0.717) is 24.2 Å². The van der Waals surface area contributed by atoms with Crippen LogP contribution in [0.5, 0.6) is 0 Å². The van der Waals surface area contributed by atoms with E-state index >= 15 is 0 Å². The molecule has 0 fully saturated rings. The van der Waals surface area contributed by atoms with Crippen LogP contribution in [0.25, 0.3) is 0 Å². The molecule has 7 heteroatoms. The Kier molecular flexibility index (Phi) is 6.04. The van der Waals surface area contributed by atoms with E-state index in [9.17, 15) is 9.00 Å². The molecular formula is C12H17N3O2S2. The Morgan fingerprint density at radius 3 is 2.74 bits per heavy atom. The monoisotopic (exact) mass is 299 g/mol. The summed E-state index contributed by atoms with van der Waals surface area (Å²) in [6.07, 6.45) is 3.79. The minimum Gasteiger partial charge on any atom is -0.389 e. The maximum atomic E-state index is 11.8. The smallest absolute Gasteiger partial charge is 0.269 e. The minimum atomic E-state index is -0.873. The van der Waals surface area contributed by atoms with Gasteiger partial charge in [0.2, 0.25) is 0 Å². The summed E-state index contributed by atoms with van der Waals surface area (Å²) in [5, 5.41) is 2.79. The van der Waals surface area contributed by atoms with Crippen LogP contribution in [0, 0.1) is 0 Å². The van der Waals surface area contributed by atoms with Crippen LogP contribution in [-0.2, 0) is 10.8 Å². The number of carbonyl (C=O) groups is 1. The minimum absolute atomic E-state index is 0.0604. The second kappa shape index (κ2) is 7.30. The second-order valence-corrected chi connectivity index (χ2v) is 6.39. The highest BCUT2D eigenvalue weighted by molar-refractivity contribution is 7.84. The standard InChI is InChI=1S/C12H17N3O2S2/c1-8(19(2)17)5-6-14-12(16)10-4-3-9(7-15-10)11(13)18/h3-4,7-8H,5-6H2,1-2H3,(H2,13,18)(H,14,16). The summed E-state index contributed by atoms with van der Waals surface area (Å²) in [6.45, 7) is 2.36. The van der Waals surface area contributed by atoms with E-state index in [0.717, 1.165) is 0 Å². The van der Waals surface area contributed by atoms with Gasteiger partial charge < -0.3 is 11.1 Å². The fraction of sp³-hybridized carbons (Fsp3) is 0.417. The maximum absolute atomic E-state index is 11.8. The first-order chi connectivity index (χ1) is 8.91. The highest BCUT2D eigenvalue weighted by Crippen LogP contribution is 2.01. The largest absolute Gasteiger partial charge is 0.389 e. The Hall–Kier alpha value is -1.34. The molecule has 2 unspecified atom stereocenters. The van der Waals surface area contributed by atoms with Gasteiger partial charge in [-0.1, -0.05) is 19.1 Å². The molecule has 0 spiro atoms. The Labute approximate surface area is 120 Å². The van der Waals surface area contributed by atoms with Gasteiger partial charge in [-0.15, -0.1) is 0 Å². The molecule has 0 bridgehead atoms. The number of nitrogens with one attached hydrogen (secondary N) is 1. The number of rotatable bonds is 6. The lowest BCUT2D eigenvalue weighted by Crippen LogP contribution is -2.28. The normalized spacial score (nSPS) is 13.6. The Morgan fingerprint density at radius 1 is 1.58 bits per heavy atom. The molecule has 2 atom stereocenters. The average Bonchev–Trinajstić information content (AvgIpc) is 2.38. The number of aromatic nitrogens is 1. The molecule has 19 heavy (non-hydrogen) atoms. The van der Waals surface area contributed by atoms with Crippen molar-refractivity contribution in [3.63, 3.8) is 0 Å². The van der Waals surface area contributed by atoms with Crippen molar-refractivity contribution in [2.45, 2.75) is 18.6 Å². The van der Waals surface area contributed by atoms with Crippen molar-refractivity contribution in [2.24, 2.45) is 5.73 Å². The van der Waals surface area contributed by atoms with Gasteiger partial charge in [-0.3, -0.25) is 14.0 Å². The third-order valence-corrected chi connectivity index (χ3v) is 4.29. The first kappa shape index (κ1) is 15.7. The van der Waals surface area contributed by atoms with Crippen LogP contribution in [0.4, 0.5) is 0 Å². The molecule has 1 rings (SSSR count). The number of pyridine rings is 1. The first-order valence-electron chi connectivity index (χ1n) is 5.78. The van der Waals surface area contributed by atoms with Gasteiger partial charge in [-0.25, -0.2) is 0 Å². The molecule has 104 valence electrons. The SMILES string of the molecule is CC(CCNC(=O)c1ccc(C(N)=S)cn1)S(C)=O. The maximum Gasteiger partial charge on any atom is 0.269 e. The van der Waals surface area contributed by atoms with Crippen molar-refractivity contribution >= 4 is 33.9 Å². The quantitative estimate of drug-likeness (QED) is 0.752. The van der Waals surface area contributed by atoms with Gasteiger partial charge in [0.05, 0.1) is 0 Å². The molecule has 1 amide bonds. The Morgan fingerprint density at radius 2 is 2.26 bits per heavy atom. The van der Waals surface area contributed by atoms with E-state index < -0.39 is 10.8 Å². The van der Waals surface area contributed by atoms with Gasteiger partial charge >= 0.3 is 0 Å². The molecule has 0 saturated carbocycles. The number of carbonyl (C=O) groups excluding carboxylic acids is 1. The van der Waals surface area contributed by atoms with Crippen LogP contribution in [0.3, 0.4) is 0 Å². The Bertz CT molecular complexity index is 488. The summed E-state index contributed by atoms with van der Waals surface area (Å²) in [5.74, 6) is -0.261. The molecule has 3 N–H and O–H groups in total. The van der Waals surface area contributed by atoms with Crippen molar-refractivity contribution < 1.29 is 9.00 Å². The zero-order valence-corrected chi connectivity index (χ0v) is 12.5. The van der Waals surface area contributed by atoms with Crippen molar-refractivity contribution in [1.29, 1.82) is 0 Å². The van der Waals surface area contributed by atoms with Crippen LogP contribution in [0.2, 0.25) is 0 Å². The molecule has 0 aliphatic heterocycles. The van der Waals surface area contributed by atoms with Crippen molar-refractivity contribution in [1.82, 2.24) is 10.3 Å². The van der Waals surface area contributed by atoms with Crippen molar-refractivity contribution in [3.8, 4) is 0 Å². The third kappa shape index (κ3) is 5.04. The second-order valence-electron chi connectivity index (χ2n) is 4.15. The number of hydrogen-bond acceptors (Lipinski definition) is 4. The molecule has 1 aromatic rings. The number of thiocarbonyl (C=S) groups is 1. The zero-order chi connectivity index (χ0) is 14.4. The van der Waals surface area contributed by atoms with Crippen molar-refractivity contribution in [3.05, 3.63) is 29.6 Å². The molecule has 1 heterocycles. The molecular weight excluding hydrogens is 282 g/mol. The molecule has 0 aliphatic rings. The molecule has 0 saturated heterocycles. The fourth-order valence-corrected chi connectivity index (χ4v) is 1.89. The average molecular weight is 299 g/mol. The van der Waals surface area contributed by atoms with E-state index in [1.165, 1.54) is 6.20 Å². The highest BCUT2D eigenvalue weighted by atomic mass is 32.2. The number of amides is 1. The predicted molar refractivity (Wildman–Crippen MR) is 80.6 cm³/mol. The summed E-state index contributed by atoms with van der Waals surface area (Å²) in [6, 6.07) is 3.24. The van der Waals surface area contributed by atoms with E-state index in [1.807, 2.05) is 6.92 Å². The van der Waals surface area contributed by atoms with E-state index in [4.69, 9.17) is 18.0 Å². The third-order valence-electron chi connectivity index (χ3n) is 2.68. The fourth-order valence-electron chi connectivity index (χ4n) is 1.32. The van der Waals surface area contributed by atoms with E-state index in [1.54, 1.807) is 18.4 Å². The lowest BCUT2D eigenvalue weighted by Gasteiger charge is -2.09. The summed E-state index contributed by atoms with van der Waals surface area (Å²) >= 11 is 4.80. The molecule has 1 aromatic heterocycles. The summed E-state index contributed by atoms with van der Waals surface area (Å²) in [5.41, 5.74) is 6.38. The van der Waals surface area contributed by atoms with Crippen LogP contribution in [0.1, 0.15) is 29.4 Å². The van der Waals surface area contributed by atoms with Gasteiger partial charge in [-0.2, -0.15) is 0 Å². The topological polar surface area (TPSA) is 85.1 Å². The first-order valence-corrected chi connectivity index (χ1v) is 7.81. The number of nitrogens with two attached hydrogens (primary N) is 1. The molecule has 5 nitrogen and oxygen atoms in total. The van der Waals surface area contributed by atoms with E-state index in [-0.39, 0.29) is 16.1 Å². The van der Waals surface area contributed by atoms with Gasteiger partial charge in [0.15, 0.2) is 0 Å². The van der Waals surface area contributed by atoms with Gasteiger partial charge in [0, 0.05) is 40.6 Å². The molecule has 0 aromatic carbocycles. The highest BCUT2D eigenvalue weighted by Gasteiger charge is 2.09. The molecule has 0 radical (unpaired) electrons. The number of hydrogen-bond donors (Lipinski definition) is 2. The van der Waals surface area contributed by atoms with Crippen LogP contribution < -0.4 is 11.1 Å². The zero-order valence-electron chi connectivity index (χ0n) is 10.9. The lowest BCUT2D eigenvalue weighted by molar-refractivity contribution is 0.0948. The van der Waals surface area contributed by atoms with Crippen molar-refractivity contribution in [2.75, 3.05) is 12.8 Å². The van der Waals surface area contributed by atoms with Crippen LogP contribution in [-0.4, -0.2) is 38.1 Å². The predicted octanol–water partition coefficient (Wildman–Crippen LogP) is 0.603. The van der Waals surface area contributed by atoms with Crippen LogP contribution in [0.15, 0.2) is 18.3 Å². The summed E-state index contributed by atoms with van der Waals surface area (Å²) in [7, 11) is -0.873. The molecule has 0 aliphatic carbocycles. The summed E-state index contributed by atoms with van der Waals surface area (Å²) < 4.78 is 11.2. The van der Waals surface area contributed by atoms with Gasteiger partial charge in [0.25, 0.3) is 5.91 Å². The van der Waals surface area contributed by atoms with Crippen LogP contribution >= 0.6 is 12.2 Å². The summed E-state index contributed by atoms with van der Waals surface area (Å²) in [4.78, 5) is 16.0. The van der Waals surface area contributed by atoms with Gasteiger partial charge in [0.1, 0.15) is 10.7 Å². The number of nitrogens with zero attached hydrogens (tertiary/aromatic N) is 1. The van der Waals surface area contributed by atoms with Gasteiger partial charge in [-0.05, 0) is 18.6 Å². The Balaban J connectivity index is 2.50.